The van der Waals surface area contributed by atoms with Crippen LogP contribution >= 0.6 is 0 Å². The van der Waals surface area contributed by atoms with E-state index in [1.807, 2.05) is 0 Å². The molecule has 0 aromatic heterocycles. The number of carbonyl (C=O) groups is 2. The molecule has 2 N–H and O–H groups in total. The molecule has 0 unspecified atom stereocenters. The molecule has 0 atom stereocenters. The van der Waals surface area contributed by atoms with Gasteiger partial charge in [-0.15, -0.1) is 0 Å². The van der Waals surface area contributed by atoms with E-state index in [2.05, 4.69) is 0 Å². The van der Waals surface area contributed by atoms with Gasteiger partial charge in [-0.1, -0.05) is 0 Å². The maximum absolute atomic E-state index is 11.3. The predicted octanol–water partition coefficient (Wildman–Crippen LogP) is 2.68. The summed E-state index contributed by atoms with van der Waals surface area (Å²) in [5.74, 6) is -2.57. The van der Waals surface area contributed by atoms with Crippen molar-refractivity contribution < 1.29 is 29.6 Å². The van der Waals surface area contributed by atoms with Crippen LogP contribution in [-0.2, 0) is 12.8 Å². The molecule has 2 aromatic carbocycles. The number of hydrogen-bond donors (Lipinski definition) is 2. The van der Waals surface area contributed by atoms with Crippen LogP contribution < -0.4 is 0 Å². The normalized spacial score (nSPS) is 10.3. The summed E-state index contributed by atoms with van der Waals surface area (Å²) in [5.41, 5.74) is -0.648. The molecule has 0 spiro atoms. The molecule has 0 saturated carbocycles. The fourth-order valence-electron chi connectivity index (χ4n) is 2.49. The van der Waals surface area contributed by atoms with E-state index < -0.39 is 21.8 Å². The van der Waals surface area contributed by atoms with Gasteiger partial charge in [-0.2, -0.15) is 0 Å². The fourth-order valence-corrected chi connectivity index (χ4v) is 2.49. The molecule has 10 heteroatoms. The van der Waals surface area contributed by atoms with Crippen LogP contribution in [0.5, 0.6) is 0 Å². The lowest BCUT2D eigenvalue weighted by molar-refractivity contribution is -0.385. The highest BCUT2D eigenvalue weighted by molar-refractivity contribution is 5.90. The number of benzene rings is 2. The molecule has 0 fully saturated rings. The summed E-state index contributed by atoms with van der Waals surface area (Å²) in [7, 11) is 0. The molecule has 0 radical (unpaired) electrons. The molecular weight excluding hydrogens is 348 g/mol. The zero-order chi connectivity index (χ0) is 19.4. The topological polar surface area (TPSA) is 161 Å². The van der Waals surface area contributed by atoms with E-state index in [4.69, 9.17) is 0 Å². The zero-order valence-electron chi connectivity index (χ0n) is 13.1. The van der Waals surface area contributed by atoms with Gasteiger partial charge in [-0.3, -0.25) is 20.2 Å². The van der Waals surface area contributed by atoms with Gasteiger partial charge in [0, 0.05) is 24.3 Å². The Kier molecular flexibility index (Phi) is 5.26. The predicted molar refractivity (Wildman–Crippen MR) is 87.5 cm³/mol. The third-order valence-corrected chi connectivity index (χ3v) is 3.72. The van der Waals surface area contributed by atoms with Gasteiger partial charge in [0.1, 0.15) is 0 Å². The molecule has 2 rings (SSSR count). The van der Waals surface area contributed by atoms with Crippen molar-refractivity contribution >= 4 is 23.3 Å². The average Bonchev–Trinajstić information content (AvgIpc) is 2.58. The number of carboxylic acids is 2. The van der Waals surface area contributed by atoms with Crippen molar-refractivity contribution in [2.75, 3.05) is 0 Å². The molecule has 26 heavy (non-hydrogen) atoms. The third kappa shape index (κ3) is 3.98. The number of aryl methyl sites for hydroxylation is 2. The largest absolute Gasteiger partial charge is 0.478 e. The van der Waals surface area contributed by atoms with Crippen molar-refractivity contribution in [3.8, 4) is 0 Å². The SMILES string of the molecule is O=C(O)c1ccc([N+](=O)[O-])cc1CCc1cc([N+](=O)[O-])ccc1C(=O)O. The molecular formula is C16H12N2O8. The summed E-state index contributed by atoms with van der Waals surface area (Å²) in [6.07, 6.45) is -0.0739. The van der Waals surface area contributed by atoms with E-state index in [9.17, 15) is 40.0 Å². The number of nitro benzene ring substituents is 2. The first-order valence-corrected chi connectivity index (χ1v) is 7.22. The molecule has 0 aliphatic carbocycles. The lowest BCUT2D eigenvalue weighted by Crippen LogP contribution is -2.08. The van der Waals surface area contributed by atoms with E-state index in [-0.39, 0.29) is 46.5 Å². The molecule has 10 nitrogen and oxygen atoms in total. The maximum Gasteiger partial charge on any atom is 0.335 e. The Morgan fingerprint density at radius 3 is 1.38 bits per heavy atom. The number of hydrogen-bond acceptors (Lipinski definition) is 6. The van der Waals surface area contributed by atoms with Gasteiger partial charge >= 0.3 is 11.9 Å². The average molecular weight is 360 g/mol. The Morgan fingerprint density at radius 1 is 0.769 bits per heavy atom. The summed E-state index contributed by atoms with van der Waals surface area (Å²) in [6.45, 7) is 0. The Bertz CT molecular complexity index is 847. The minimum atomic E-state index is -1.28. The van der Waals surface area contributed by atoms with Gasteiger partial charge in [0.15, 0.2) is 0 Å². The first-order chi connectivity index (χ1) is 12.2. The Morgan fingerprint density at radius 2 is 1.12 bits per heavy atom. The van der Waals surface area contributed by atoms with Crippen molar-refractivity contribution in [3.05, 3.63) is 78.9 Å². The number of nitrogens with zero attached hydrogens (tertiary/aromatic N) is 2. The van der Waals surface area contributed by atoms with E-state index in [1.54, 1.807) is 0 Å². The first-order valence-electron chi connectivity index (χ1n) is 7.22. The summed E-state index contributed by atoms with van der Waals surface area (Å²) in [5, 5.41) is 40.2. The van der Waals surface area contributed by atoms with Crippen LogP contribution in [0.2, 0.25) is 0 Å². The molecule has 0 bridgehead atoms. The second-order valence-electron chi connectivity index (χ2n) is 5.31. The van der Waals surface area contributed by atoms with Gasteiger partial charge in [-0.05, 0) is 36.1 Å². The highest BCUT2D eigenvalue weighted by Gasteiger charge is 2.18. The standard InChI is InChI=1S/C16H12N2O8/c19-15(20)13-5-3-11(17(23)24)7-9(13)1-2-10-8-12(18(25)26)4-6-14(10)16(21)22/h3-8H,1-2H2,(H,19,20)(H,21,22). The van der Waals surface area contributed by atoms with E-state index >= 15 is 0 Å². The number of nitro groups is 2. The van der Waals surface area contributed by atoms with Gasteiger partial charge in [0.05, 0.1) is 21.0 Å². The molecule has 2 aromatic rings. The monoisotopic (exact) mass is 360 g/mol. The number of aromatic carboxylic acids is 2. The minimum absolute atomic E-state index is 0.0369. The lowest BCUT2D eigenvalue weighted by atomic mass is 9.96. The molecule has 0 saturated heterocycles. The summed E-state index contributed by atoms with van der Waals surface area (Å²) in [4.78, 5) is 43.0. The maximum atomic E-state index is 11.3. The Hall–Kier alpha value is -3.82. The zero-order valence-corrected chi connectivity index (χ0v) is 13.1. The molecule has 0 amide bonds. The van der Waals surface area contributed by atoms with Crippen LogP contribution in [0.4, 0.5) is 11.4 Å². The number of non-ortho nitro benzene ring substituents is 2. The van der Waals surface area contributed by atoms with Crippen LogP contribution in [0.1, 0.15) is 31.8 Å². The highest BCUT2D eigenvalue weighted by atomic mass is 16.6. The second kappa shape index (κ2) is 7.38. The molecule has 134 valence electrons. The van der Waals surface area contributed by atoms with Crippen molar-refractivity contribution in [2.45, 2.75) is 12.8 Å². The quantitative estimate of drug-likeness (QED) is 0.562. The number of carboxylic acid groups (broad SMARTS) is 2. The molecule has 0 heterocycles. The van der Waals surface area contributed by atoms with Crippen LogP contribution in [0, 0.1) is 20.2 Å². The third-order valence-electron chi connectivity index (χ3n) is 3.72. The van der Waals surface area contributed by atoms with Crippen LogP contribution in [0.3, 0.4) is 0 Å². The van der Waals surface area contributed by atoms with E-state index in [0.29, 0.717) is 0 Å². The van der Waals surface area contributed by atoms with Crippen molar-refractivity contribution in [1.29, 1.82) is 0 Å². The fraction of sp³-hybridized carbons (Fsp3) is 0.125. The van der Waals surface area contributed by atoms with E-state index in [0.717, 1.165) is 36.4 Å². The van der Waals surface area contributed by atoms with Crippen LogP contribution in [0.25, 0.3) is 0 Å². The smallest absolute Gasteiger partial charge is 0.335 e. The Balaban J connectivity index is 2.41. The van der Waals surface area contributed by atoms with Crippen molar-refractivity contribution in [2.24, 2.45) is 0 Å². The molecule has 0 aliphatic heterocycles. The van der Waals surface area contributed by atoms with Gasteiger partial charge < -0.3 is 10.2 Å². The van der Waals surface area contributed by atoms with Crippen molar-refractivity contribution in [1.82, 2.24) is 0 Å². The Labute approximate surface area is 145 Å². The van der Waals surface area contributed by atoms with E-state index in [1.165, 1.54) is 0 Å². The van der Waals surface area contributed by atoms with Gasteiger partial charge in [0.2, 0.25) is 0 Å². The van der Waals surface area contributed by atoms with Crippen LogP contribution in [0.15, 0.2) is 36.4 Å². The number of rotatable bonds is 7. The highest BCUT2D eigenvalue weighted by Crippen LogP contribution is 2.23. The second-order valence-corrected chi connectivity index (χ2v) is 5.31. The summed E-state index contributed by atoms with van der Waals surface area (Å²) >= 11 is 0. The van der Waals surface area contributed by atoms with Crippen molar-refractivity contribution in [3.63, 3.8) is 0 Å². The summed E-state index contributed by atoms with van der Waals surface area (Å²) in [6, 6.07) is 6.51. The molecule has 0 aliphatic rings. The first kappa shape index (κ1) is 18.5. The van der Waals surface area contributed by atoms with Gasteiger partial charge in [0.25, 0.3) is 11.4 Å². The summed E-state index contributed by atoms with van der Waals surface area (Å²) < 4.78 is 0. The van der Waals surface area contributed by atoms with Crippen LogP contribution in [-0.4, -0.2) is 32.0 Å². The van der Waals surface area contributed by atoms with Gasteiger partial charge in [-0.25, -0.2) is 9.59 Å². The lowest BCUT2D eigenvalue weighted by Gasteiger charge is -2.09. The minimum Gasteiger partial charge on any atom is -0.478 e.